The molecule has 1 atom stereocenters. The first-order valence-corrected chi connectivity index (χ1v) is 6.96. The zero-order chi connectivity index (χ0) is 12.7. The molecule has 0 aliphatic carbocycles. The lowest BCUT2D eigenvalue weighted by atomic mass is 10.2. The van der Waals surface area contributed by atoms with E-state index in [0.717, 1.165) is 17.9 Å². The van der Waals surface area contributed by atoms with Crippen LogP contribution in [0.3, 0.4) is 0 Å². The number of thioether (sulfide) groups is 1. The highest BCUT2D eigenvalue weighted by atomic mass is 32.2. The van der Waals surface area contributed by atoms with Gasteiger partial charge in [0.05, 0.1) is 0 Å². The van der Waals surface area contributed by atoms with Gasteiger partial charge in [0.25, 0.3) is 0 Å². The van der Waals surface area contributed by atoms with Crippen LogP contribution in [0.5, 0.6) is 0 Å². The molecule has 0 aliphatic rings. The van der Waals surface area contributed by atoms with Crippen LogP contribution in [-0.4, -0.2) is 45.5 Å². The number of nitrogens with one attached hydrogen (secondary N) is 1. The fraction of sp³-hybridized carbons (Fsp3) is 0.636. The summed E-state index contributed by atoms with van der Waals surface area (Å²) in [5.74, 6) is 0.497. The van der Waals surface area contributed by atoms with Crippen LogP contribution >= 0.6 is 11.8 Å². The SMILES string of the molecule is CSCCC(O)C(=O)NCCc1ccnn1C. The van der Waals surface area contributed by atoms with Crippen LogP contribution in [0, 0.1) is 0 Å². The van der Waals surface area contributed by atoms with E-state index in [9.17, 15) is 9.90 Å². The second-order valence-electron chi connectivity index (χ2n) is 3.78. The summed E-state index contributed by atoms with van der Waals surface area (Å²) in [5.41, 5.74) is 1.06. The Morgan fingerprint density at radius 1 is 1.71 bits per heavy atom. The molecule has 0 radical (unpaired) electrons. The van der Waals surface area contributed by atoms with Crippen molar-refractivity contribution in [3.63, 3.8) is 0 Å². The highest BCUT2D eigenvalue weighted by molar-refractivity contribution is 7.98. The van der Waals surface area contributed by atoms with E-state index in [1.54, 1.807) is 22.6 Å². The number of hydrogen-bond acceptors (Lipinski definition) is 4. The van der Waals surface area contributed by atoms with Crippen molar-refractivity contribution in [1.29, 1.82) is 0 Å². The lowest BCUT2D eigenvalue weighted by Crippen LogP contribution is -2.36. The molecule has 0 bridgehead atoms. The van der Waals surface area contributed by atoms with Crippen LogP contribution in [-0.2, 0) is 18.3 Å². The molecule has 1 rings (SSSR count). The molecule has 0 aliphatic heterocycles. The molecule has 0 aromatic carbocycles. The Morgan fingerprint density at radius 2 is 2.47 bits per heavy atom. The van der Waals surface area contributed by atoms with E-state index in [-0.39, 0.29) is 5.91 Å². The molecule has 0 saturated carbocycles. The summed E-state index contributed by atoms with van der Waals surface area (Å²) in [6.45, 7) is 0.523. The molecule has 0 saturated heterocycles. The molecule has 1 aromatic rings. The highest BCUT2D eigenvalue weighted by Gasteiger charge is 2.13. The fourth-order valence-corrected chi connectivity index (χ4v) is 1.90. The lowest BCUT2D eigenvalue weighted by molar-refractivity contribution is -0.129. The van der Waals surface area contributed by atoms with Gasteiger partial charge in [-0.15, -0.1) is 0 Å². The zero-order valence-electron chi connectivity index (χ0n) is 10.2. The third-order valence-corrected chi connectivity index (χ3v) is 3.14. The second-order valence-corrected chi connectivity index (χ2v) is 4.77. The van der Waals surface area contributed by atoms with Crippen LogP contribution in [0.2, 0.25) is 0 Å². The van der Waals surface area contributed by atoms with Crippen molar-refractivity contribution in [2.24, 2.45) is 7.05 Å². The van der Waals surface area contributed by atoms with Crippen molar-refractivity contribution >= 4 is 17.7 Å². The Kier molecular flexibility index (Phi) is 6.07. The molecule has 0 fully saturated rings. The van der Waals surface area contributed by atoms with Gasteiger partial charge in [0.2, 0.25) is 5.91 Å². The third-order valence-electron chi connectivity index (χ3n) is 2.50. The number of rotatable bonds is 7. The van der Waals surface area contributed by atoms with E-state index in [4.69, 9.17) is 0 Å². The topological polar surface area (TPSA) is 67.2 Å². The standard InChI is InChI=1S/C11H19N3O2S/c1-14-9(4-7-13-14)3-6-12-11(16)10(15)5-8-17-2/h4,7,10,15H,3,5-6,8H2,1-2H3,(H,12,16). The molecule has 0 spiro atoms. The first kappa shape index (κ1) is 14.1. The summed E-state index contributed by atoms with van der Waals surface area (Å²) < 4.78 is 1.77. The number of aryl methyl sites for hydroxylation is 1. The molecule has 96 valence electrons. The first-order chi connectivity index (χ1) is 8.15. The van der Waals surface area contributed by atoms with Gasteiger partial charge in [-0.2, -0.15) is 16.9 Å². The predicted molar refractivity (Wildman–Crippen MR) is 68.9 cm³/mol. The van der Waals surface area contributed by atoms with Crippen molar-refractivity contribution in [2.75, 3.05) is 18.6 Å². The maximum Gasteiger partial charge on any atom is 0.248 e. The van der Waals surface area contributed by atoms with Crippen LogP contribution in [0.25, 0.3) is 0 Å². The van der Waals surface area contributed by atoms with Gasteiger partial charge in [-0.1, -0.05) is 0 Å². The van der Waals surface area contributed by atoms with Crippen molar-refractivity contribution in [3.05, 3.63) is 18.0 Å². The summed E-state index contributed by atoms with van der Waals surface area (Å²) in [6.07, 6.45) is 4.00. The predicted octanol–water partition coefficient (Wildman–Crippen LogP) is 0.193. The number of amides is 1. The van der Waals surface area contributed by atoms with Gasteiger partial charge in [0.15, 0.2) is 0 Å². The van der Waals surface area contributed by atoms with Gasteiger partial charge in [-0.05, 0) is 24.5 Å². The second kappa shape index (κ2) is 7.34. The van der Waals surface area contributed by atoms with Gasteiger partial charge in [-0.25, -0.2) is 0 Å². The zero-order valence-corrected chi connectivity index (χ0v) is 11.0. The number of aromatic nitrogens is 2. The Bertz CT molecular complexity index is 354. The molecule has 1 unspecified atom stereocenters. The number of hydrogen-bond donors (Lipinski definition) is 2. The smallest absolute Gasteiger partial charge is 0.248 e. The van der Waals surface area contributed by atoms with Crippen LogP contribution < -0.4 is 5.32 Å². The van der Waals surface area contributed by atoms with Crippen molar-refractivity contribution in [2.45, 2.75) is 18.9 Å². The van der Waals surface area contributed by atoms with Gasteiger partial charge >= 0.3 is 0 Å². The minimum Gasteiger partial charge on any atom is -0.383 e. The molecule has 1 heterocycles. The molecule has 6 heteroatoms. The van der Waals surface area contributed by atoms with E-state index in [1.165, 1.54) is 0 Å². The van der Waals surface area contributed by atoms with Crippen molar-refractivity contribution in [3.8, 4) is 0 Å². The quantitative estimate of drug-likeness (QED) is 0.732. The van der Waals surface area contributed by atoms with Crippen LogP contribution in [0.1, 0.15) is 12.1 Å². The third kappa shape index (κ3) is 4.79. The van der Waals surface area contributed by atoms with E-state index in [1.807, 2.05) is 19.4 Å². The van der Waals surface area contributed by atoms with Gasteiger partial charge in [-0.3, -0.25) is 9.48 Å². The van der Waals surface area contributed by atoms with E-state index in [2.05, 4.69) is 10.4 Å². The van der Waals surface area contributed by atoms with Crippen LogP contribution in [0.4, 0.5) is 0 Å². The van der Waals surface area contributed by atoms with E-state index >= 15 is 0 Å². The molecule has 17 heavy (non-hydrogen) atoms. The molecule has 2 N–H and O–H groups in total. The van der Waals surface area contributed by atoms with Crippen molar-refractivity contribution < 1.29 is 9.90 Å². The maximum atomic E-state index is 11.5. The average Bonchev–Trinajstić information content (AvgIpc) is 2.72. The molecule has 1 amide bonds. The highest BCUT2D eigenvalue weighted by Crippen LogP contribution is 2.01. The minimum absolute atomic E-state index is 0.291. The Labute approximate surface area is 106 Å². The fourth-order valence-electron chi connectivity index (χ4n) is 1.44. The number of aliphatic hydroxyl groups is 1. The maximum absolute atomic E-state index is 11.5. The van der Waals surface area contributed by atoms with Gasteiger partial charge in [0.1, 0.15) is 6.10 Å². The minimum atomic E-state index is -0.894. The number of carbonyl (C=O) groups excluding carboxylic acids is 1. The average molecular weight is 257 g/mol. The van der Waals surface area contributed by atoms with E-state index < -0.39 is 6.10 Å². The number of nitrogens with zero attached hydrogens (tertiary/aromatic N) is 2. The number of carbonyl (C=O) groups is 1. The summed E-state index contributed by atoms with van der Waals surface area (Å²) in [6, 6.07) is 1.91. The summed E-state index contributed by atoms with van der Waals surface area (Å²) in [5, 5.41) is 16.3. The monoisotopic (exact) mass is 257 g/mol. The van der Waals surface area contributed by atoms with Crippen LogP contribution in [0.15, 0.2) is 12.3 Å². The molecule has 1 aromatic heterocycles. The van der Waals surface area contributed by atoms with Gasteiger partial charge < -0.3 is 10.4 Å². The Hall–Kier alpha value is -1.01. The van der Waals surface area contributed by atoms with E-state index in [0.29, 0.717) is 13.0 Å². The Balaban J connectivity index is 2.22. The largest absolute Gasteiger partial charge is 0.383 e. The molecular formula is C11H19N3O2S. The molecule has 5 nitrogen and oxygen atoms in total. The number of aliphatic hydroxyl groups excluding tert-OH is 1. The van der Waals surface area contributed by atoms with Gasteiger partial charge in [0, 0.05) is 31.9 Å². The van der Waals surface area contributed by atoms with Crippen molar-refractivity contribution in [1.82, 2.24) is 15.1 Å². The summed E-state index contributed by atoms with van der Waals surface area (Å²) in [4.78, 5) is 11.5. The normalized spacial score (nSPS) is 12.4. The first-order valence-electron chi connectivity index (χ1n) is 5.56. The summed E-state index contributed by atoms with van der Waals surface area (Å²) >= 11 is 1.62. The lowest BCUT2D eigenvalue weighted by Gasteiger charge is -2.10. The Morgan fingerprint density at radius 3 is 3.06 bits per heavy atom. The molecular weight excluding hydrogens is 238 g/mol. The summed E-state index contributed by atoms with van der Waals surface area (Å²) in [7, 11) is 1.87.